The molecule has 6 heteroatoms. The molecule has 2 rings (SSSR count). The van der Waals surface area contributed by atoms with E-state index in [1.165, 1.54) is 0 Å². The minimum absolute atomic E-state index is 0.150. The summed E-state index contributed by atoms with van der Waals surface area (Å²) >= 11 is 0. The summed E-state index contributed by atoms with van der Waals surface area (Å²) in [5, 5.41) is 5.37. The van der Waals surface area contributed by atoms with Crippen molar-refractivity contribution in [2.45, 2.75) is 24.8 Å². The standard InChI is InChI=1S/C12H16N4O2/c13-12(4-5-12)11(18)15-8-3-10(17)16-9-1-6-14-7-2-9/h1-2,6-7H,3-5,8,13H2,(H,15,18)(H,14,16,17). The van der Waals surface area contributed by atoms with Gasteiger partial charge in [-0.3, -0.25) is 14.6 Å². The van der Waals surface area contributed by atoms with Crippen molar-refractivity contribution in [1.29, 1.82) is 0 Å². The van der Waals surface area contributed by atoms with E-state index in [-0.39, 0.29) is 18.2 Å². The number of carbonyl (C=O) groups excluding carboxylic acids is 2. The van der Waals surface area contributed by atoms with Crippen LogP contribution in [0.4, 0.5) is 5.69 Å². The van der Waals surface area contributed by atoms with Gasteiger partial charge in [-0.15, -0.1) is 0 Å². The SMILES string of the molecule is NC1(C(=O)NCCC(=O)Nc2ccncc2)CC1. The van der Waals surface area contributed by atoms with Gasteiger partial charge in [-0.1, -0.05) is 0 Å². The molecule has 2 amide bonds. The highest BCUT2D eigenvalue weighted by atomic mass is 16.2. The van der Waals surface area contributed by atoms with Crippen molar-refractivity contribution in [3.63, 3.8) is 0 Å². The van der Waals surface area contributed by atoms with Gasteiger partial charge in [0.1, 0.15) is 0 Å². The summed E-state index contributed by atoms with van der Waals surface area (Å²) in [6, 6.07) is 3.41. The second-order valence-electron chi connectivity index (χ2n) is 4.45. The van der Waals surface area contributed by atoms with Gasteiger partial charge in [0.15, 0.2) is 0 Å². The van der Waals surface area contributed by atoms with Gasteiger partial charge >= 0.3 is 0 Å². The predicted molar refractivity (Wildman–Crippen MR) is 66.6 cm³/mol. The Hall–Kier alpha value is -1.95. The lowest BCUT2D eigenvalue weighted by molar-refractivity contribution is -0.123. The first kappa shape index (κ1) is 12.5. The Kier molecular flexibility index (Phi) is 3.57. The molecule has 96 valence electrons. The lowest BCUT2D eigenvalue weighted by Gasteiger charge is -2.10. The number of anilines is 1. The molecule has 0 spiro atoms. The minimum Gasteiger partial charge on any atom is -0.354 e. The largest absolute Gasteiger partial charge is 0.354 e. The Morgan fingerprint density at radius 1 is 1.33 bits per heavy atom. The number of pyridine rings is 1. The molecule has 0 aromatic carbocycles. The van der Waals surface area contributed by atoms with E-state index in [0.717, 1.165) is 12.8 Å². The van der Waals surface area contributed by atoms with Crippen molar-refractivity contribution < 1.29 is 9.59 Å². The molecular formula is C12H16N4O2. The minimum atomic E-state index is -0.679. The molecule has 4 N–H and O–H groups in total. The summed E-state index contributed by atoms with van der Waals surface area (Å²) in [6.45, 7) is 0.300. The van der Waals surface area contributed by atoms with Crippen molar-refractivity contribution in [3.05, 3.63) is 24.5 Å². The summed E-state index contributed by atoms with van der Waals surface area (Å²) in [5.41, 5.74) is 5.73. The number of rotatable bonds is 5. The van der Waals surface area contributed by atoms with Crippen LogP contribution in [0.2, 0.25) is 0 Å². The highest BCUT2D eigenvalue weighted by Gasteiger charge is 2.45. The van der Waals surface area contributed by atoms with Crippen LogP contribution in [-0.4, -0.2) is 28.9 Å². The average Bonchev–Trinajstić information content (AvgIpc) is 3.10. The van der Waals surface area contributed by atoms with Gasteiger partial charge < -0.3 is 16.4 Å². The van der Waals surface area contributed by atoms with E-state index in [1.54, 1.807) is 24.5 Å². The van der Waals surface area contributed by atoms with Gasteiger partial charge in [-0.05, 0) is 25.0 Å². The normalized spacial score (nSPS) is 15.8. The molecule has 1 aliphatic carbocycles. The number of nitrogens with two attached hydrogens (primary N) is 1. The molecule has 0 bridgehead atoms. The fraction of sp³-hybridized carbons (Fsp3) is 0.417. The number of hydrogen-bond acceptors (Lipinski definition) is 4. The van der Waals surface area contributed by atoms with E-state index in [0.29, 0.717) is 12.2 Å². The number of amides is 2. The van der Waals surface area contributed by atoms with Crippen LogP contribution in [0, 0.1) is 0 Å². The highest BCUT2D eigenvalue weighted by molar-refractivity contribution is 5.92. The topological polar surface area (TPSA) is 97.1 Å². The first-order valence-corrected chi connectivity index (χ1v) is 5.87. The number of hydrogen-bond donors (Lipinski definition) is 3. The van der Waals surface area contributed by atoms with E-state index in [9.17, 15) is 9.59 Å². The maximum atomic E-state index is 11.5. The molecule has 1 saturated carbocycles. The van der Waals surface area contributed by atoms with Gasteiger partial charge in [-0.2, -0.15) is 0 Å². The third-order valence-electron chi connectivity index (χ3n) is 2.84. The molecule has 1 aromatic heterocycles. The average molecular weight is 248 g/mol. The third-order valence-corrected chi connectivity index (χ3v) is 2.84. The van der Waals surface area contributed by atoms with Gasteiger partial charge in [0.25, 0.3) is 0 Å². The van der Waals surface area contributed by atoms with E-state index >= 15 is 0 Å². The predicted octanol–water partition coefficient (Wildman–Crippen LogP) is 0.0177. The quantitative estimate of drug-likeness (QED) is 0.684. The van der Waals surface area contributed by atoms with Crippen molar-refractivity contribution in [1.82, 2.24) is 10.3 Å². The molecule has 0 aliphatic heterocycles. The Morgan fingerprint density at radius 2 is 2.00 bits per heavy atom. The molecule has 0 unspecified atom stereocenters. The Bertz CT molecular complexity index is 443. The second-order valence-corrected chi connectivity index (χ2v) is 4.45. The Balaban J connectivity index is 1.68. The summed E-state index contributed by atoms with van der Waals surface area (Å²) in [7, 11) is 0. The first-order chi connectivity index (χ1) is 8.60. The molecule has 1 aromatic rings. The van der Waals surface area contributed by atoms with Gasteiger partial charge in [0.05, 0.1) is 5.54 Å². The monoisotopic (exact) mass is 248 g/mol. The van der Waals surface area contributed by atoms with Crippen molar-refractivity contribution in [2.24, 2.45) is 5.73 Å². The molecule has 0 saturated heterocycles. The number of nitrogens with zero attached hydrogens (tertiary/aromatic N) is 1. The molecule has 1 aliphatic rings. The first-order valence-electron chi connectivity index (χ1n) is 5.87. The van der Waals surface area contributed by atoms with Crippen LogP contribution in [-0.2, 0) is 9.59 Å². The lowest BCUT2D eigenvalue weighted by Crippen LogP contribution is -2.43. The van der Waals surface area contributed by atoms with Crippen molar-refractivity contribution >= 4 is 17.5 Å². The summed E-state index contributed by atoms with van der Waals surface area (Å²) < 4.78 is 0. The highest BCUT2D eigenvalue weighted by Crippen LogP contribution is 2.31. The number of nitrogens with one attached hydrogen (secondary N) is 2. The van der Waals surface area contributed by atoms with Gasteiger partial charge in [0.2, 0.25) is 11.8 Å². The molecule has 0 atom stereocenters. The number of carbonyl (C=O) groups is 2. The maximum Gasteiger partial charge on any atom is 0.240 e. The van der Waals surface area contributed by atoms with Crippen LogP contribution < -0.4 is 16.4 Å². The van der Waals surface area contributed by atoms with E-state index in [2.05, 4.69) is 15.6 Å². The lowest BCUT2D eigenvalue weighted by atomic mass is 10.2. The zero-order valence-electron chi connectivity index (χ0n) is 9.98. The van der Waals surface area contributed by atoms with Crippen molar-refractivity contribution in [2.75, 3.05) is 11.9 Å². The van der Waals surface area contributed by atoms with E-state index in [4.69, 9.17) is 5.73 Å². The molecular weight excluding hydrogens is 232 g/mol. The third kappa shape index (κ3) is 3.27. The smallest absolute Gasteiger partial charge is 0.240 e. The van der Waals surface area contributed by atoms with E-state index in [1.807, 2.05) is 0 Å². The Morgan fingerprint density at radius 3 is 2.61 bits per heavy atom. The molecule has 6 nitrogen and oxygen atoms in total. The summed E-state index contributed by atoms with van der Waals surface area (Å²) in [5.74, 6) is -0.317. The maximum absolute atomic E-state index is 11.5. The van der Waals surface area contributed by atoms with Crippen LogP contribution in [0.5, 0.6) is 0 Å². The van der Waals surface area contributed by atoms with Crippen LogP contribution in [0.25, 0.3) is 0 Å². The summed E-state index contributed by atoms with van der Waals surface area (Å²) in [4.78, 5) is 26.9. The van der Waals surface area contributed by atoms with E-state index < -0.39 is 5.54 Å². The number of aromatic nitrogens is 1. The van der Waals surface area contributed by atoms with Gasteiger partial charge in [0, 0.05) is 31.0 Å². The molecule has 1 heterocycles. The molecule has 1 fully saturated rings. The zero-order valence-corrected chi connectivity index (χ0v) is 9.98. The zero-order chi connectivity index (χ0) is 13.0. The van der Waals surface area contributed by atoms with Crippen LogP contribution in [0.3, 0.4) is 0 Å². The molecule has 18 heavy (non-hydrogen) atoms. The van der Waals surface area contributed by atoms with Crippen LogP contribution in [0.1, 0.15) is 19.3 Å². The fourth-order valence-electron chi connectivity index (χ4n) is 1.49. The van der Waals surface area contributed by atoms with Crippen molar-refractivity contribution in [3.8, 4) is 0 Å². The van der Waals surface area contributed by atoms with Gasteiger partial charge in [-0.25, -0.2) is 0 Å². The van der Waals surface area contributed by atoms with Crippen LogP contribution in [0.15, 0.2) is 24.5 Å². The summed E-state index contributed by atoms with van der Waals surface area (Å²) in [6.07, 6.45) is 4.87. The molecule has 0 radical (unpaired) electrons. The Labute approximate surface area is 105 Å². The fourth-order valence-corrected chi connectivity index (χ4v) is 1.49. The second kappa shape index (κ2) is 5.14. The van der Waals surface area contributed by atoms with Crippen LogP contribution >= 0.6 is 0 Å².